The third-order valence-electron chi connectivity index (χ3n) is 5.19. The number of aromatic nitrogens is 1. The van der Waals surface area contributed by atoms with Crippen molar-refractivity contribution in [3.63, 3.8) is 0 Å². The largest absolute Gasteiger partial charge is 0.356 e. The average Bonchev–Trinajstić information content (AvgIpc) is 2.69. The lowest BCUT2D eigenvalue weighted by atomic mass is 10.1. The van der Waals surface area contributed by atoms with Crippen LogP contribution in [-0.2, 0) is 6.54 Å². The highest BCUT2D eigenvalue weighted by atomic mass is 35.5. The smallest absolute Gasteiger partial charge is 0.253 e. The molecule has 1 aliphatic rings. The number of nitrogens with zero attached hydrogens (tertiary/aromatic N) is 2. The van der Waals surface area contributed by atoms with Crippen LogP contribution < -0.4 is 5.43 Å². The van der Waals surface area contributed by atoms with Gasteiger partial charge in [-0.2, -0.15) is 0 Å². The second-order valence-corrected chi connectivity index (χ2v) is 7.67. The molecule has 0 saturated carbocycles. The number of piperazine rings is 1. The molecule has 5 nitrogen and oxygen atoms in total. The molecule has 0 spiro atoms. The molecule has 0 bridgehead atoms. The zero-order valence-corrected chi connectivity index (χ0v) is 16.5. The Hall–Kier alpha value is -2.63. The fourth-order valence-electron chi connectivity index (χ4n) is 3.68. The van der Waals surface area contributed by atoms with Crippen molar-refractivity contribution >= 4 is 28.4 Å². The number of benzene rings is 2. The number of nitrogens with one attached hydrogen (secondary N) is 1. The molecular formula is C22H22ClN3O2. The maximum absolute atomic E-state index is 12.7. The first-order valence-corrected chi connectivity index (χ1v) is 9.78. The number of carbonyl (C=O) groups excluding carboxylic acids is 1. The maximum Gasteiger partial charge on any atom is 0.253 e. The van der Waals surface area contributed by atoms with Crippen LogP contribution in [0.3, 0.4) is 0 Å². The van der Waals surface area contributed by atoms with Crippen LogP contribution in [0.25, 0.3) is 10.9 Å². The van der Waals surface area contributed by atoms with E-state index in [9.17, 15) is 9.59 Å². The Morgan fingerprint density at radius 1 is 1.07 bits per heavy atom. The molecule has 0 atom stereocenters. The zero-order chi connectivity index (χ0) is 19.7. The van der Waals surface area contributed by atoms with Crippen LogP contribution in [0.4, 0.5) is 0 Å². The third kappa shape index (κ3) is 3.81. The normalized spacial score (nSPS) is 15.1. The summed E-state index contributed by atoms with van der Waals surface area (Å²) in [7, 11) is 0. The minimum absolute atomic E-state index is 0.0282. The molecular weight excluding hydrogens is 374 g/mol. The number of pyridine rings is 1. The second kappa shape index (κ2) is 7.78. The highest BCUT2D eigenvalue weighted by molar-refractivity contribution is 6.35. The Kier molecular flexibility index (Phi) is 5.20. The Balaban J connectivity index is 1.43. The van der Waals surface area contributed by atoms with Crippen LogP contribution in [0.15, 0.2) is 53.3 Å². The number of para-hydroxylation sites is 1. The summed E-state index contributed by atoms with van der Waals surface area (Å²) < 4.78 is 0. The highest BCUT2D eigenvalue weighted by Crippen LogP contribution is 2.20. The molecule has 1 aromatic heterocycles. The number of hydrogen-bond donors (Lipinski definition) is 1. The Morgan fingerprint density at radius 2 is 1.82 bits per heavy atom. The molecule has 1 saturated heterocycles. The molecule has 0 aliphatic carbocycles. The molecule has 4 rings (SSSR count). The molecule has 0 radical (unpaired) electrons. The van der Waals surface area contributed by atoms with Gasteiger partial charge in [-0.3, -0.25) is 14.5 Å². The first kappa shape index (κ1) is 18.7. The molecule has 3 aromatic rings. The van der Waals surface area contributed by atoms with E-state index in [0.717, 1.165) is 29.9 Å². The Labute approximate surface area is 168 Å². The van der Waals surface area contributed by atoms with Crippen molar-refractivity contribution in [3.05, 3.63) is 80.6 Å². The lowest BCUT2D eigenvalue weighted by Gasteiger charge is -2.34. The number of fused-ring (bicyclic) bond motifs is 1. The van der Waals surface area contributed by atoms with Gasteiger partial charge in [-0.25, -0.2) is 0 Å². The summed E-state index contributed by atoms with van der Waals surface area (Å²) in [4.78, 5) is 32.5. The van der Waals surface area contributed by atoms with Crippen LogP contribution in [-0.4, -0.2) is 46.9 Å². The van der Waals surface area contributed by atoms with Crippen LogP contribution in [0.1, 0.15) is 21.6 Å². The Bertz CT molecular complexity index is 1080. The van der Waals surface area contributed by atoms with Gasteiger partial charge >= 0.3 is 0 Å². The van der Waals surface area contributed by atoms with E-state index in [4.69, 9.17) is 11.6 Å². The number of aryl methyl sites for hydroxylation is 1. The van der Waals surface area contributed by atoms with Crippen LogP contribution >= 0.6 is 11.6 Å². The van der Waals surface area contributed by atoms with E-state index in [1.807, 2.05) is 36.1 Å². The molecule has 0 unspecified atom stereocenters. The van der Waals surface area contributed by atoms with Crippen molar-refractivity contribution in [2.24, 2.45) is 0 Å². The van der Waals surface area contributed by atoms with Crippen LogP contribution in [0.5, 0.6) is 0 Å². The number of H-pyrrole nitrogens is 1. The first-order valence-electron chi connectivity index (χ1n) is 9.40. The van der Waals surface area contributed by atoms with Crippen molar-refractivity contribution in [1.29, 1.82) is 0 Å². The third-order valence-corrected chi connectivity index (χ3v) is 5.50. The van der Waals surface area contributed by atoms with E-state index in [2.05, 4.69) is 9.88 Å². The standard InChI is InChI=1S/C22H22ClN3O2/c1-15-4-2-5-16(12-15)22(28)26-10-8-25(9-11-26)14-17-13-20(27)18-6-3-7-19(23)21(18)24-17/h2-7,12-13H,8-11,14H2,1H3,(H,24,27). The van der Waals surface area contributed by atoms with Gasteiger partial charge in [-0.15, -0.1) is 0 Å². The van der Waals surface area contributed by atoms with E-state index in [1.165, 1.54) is 0 Å². The Morgan fingerprint density at radius 3 is 2.57 bits per heavy atom. The number of rotatable bonds is 3. The summed E-state index contributed by atoms with van der Waals surface area (Å²) >= 11 is 6.24. The number of amides is 1. The summed E-state index contributed by atoms with van der Waals surface area (Å²) in [5.74, 6) is 0.0780. The summed E-state index contributed by atoms with van der Waals surface area (Å²) in [5.41, 5.74) is 3.31. The fourth-order valence-corrected chi connectivity index (χ4v) is 3.91. The van der Waals surface area contributed by atoms with Gasteiger partial charge in [0.05, 0.1) is 10.5 Å². The van der Waals surface area contributed by atoms with Crippen molar-refractivity contribution < 1.29 is 4.79 Å². The zero-order valence-electron chi connectivity index (χ0n) is 15.7. The second-order valence-electron chi connectivity index (χ2n) is 7.26. The highest BCUT2D eigenvalue weighted by Gasteiger charge is 2.22. The molecule has 28 heavy (non-hydrogen) atoms. The van der Waals surface area contributed by atoms with E-state index >= 15 is 0 Å². The van der Waals surface area contributed by atoms with Crippen LogP contribution in [0, 0.1) is 6.92 Å². The summed E-state index contributed by atoms with van der Waals surface area (Å²) in [5, 5.41) is 1.15. The molecule has 2 heterocycles. The predicted octanol–water partition coefficient (Wildman–Crippen LogP) is 3.45. The van der Waals surface area contributed by atoms with Gasteiger partial charge in [-0.1, -0.05) is 35.4 Å². The quantitative estimate of drug-likeness (QED) is 0.739. The molecule has 1 amide bonds. The molecule has 144 valence electrons. The fraction of sp³-hybridized carbons (Fsp3) is 0.273. The molecule has 1 N–H and O–H groups in total. The average molecular weight is 396 g/mol. The van der Waals surface area contributed by atoms with Gasteiger partial charge in [0.25, 0.3) is 5.91 Å². The minimum atomic E-state index is -0.0282. The van der Waals surface area contributed by atoms with E-state index in [0.29, 0.717) is 35.6 Å². The monoisotopic (exact) mass is 395 g/mol. The number of hydrogen-bond acceptors (Lipinski definition) is 3. The first-order chi connectivity index (χ1) is 13.5. The van der Waals surface area contributed by atoms with Gasteiger partial charge in [0.2, 0.25) is 0 Å². The maximum atomic E-state index is 12.7. The molecule has 6 heteroatoms. The lowest BCUT2D eigenvalue weighted by molar-refractivity contribution is 0.0627. The van der Waals surface area contributed by atoms with Crippen molar-refractivity contribution in [1.82, 2.24) is 14.8 Å². The minimum Gasteiger partial charge on any atom is -0.356 e. The SMILES string of the molecule is Cc1cccc(C(=O)N2CCN(Cc3cc(=O)c4cccc(Cl)c4[nH]3)CC2)c1. The lowest BCUT2D eigenvalue weighted by Crippen LogP contribution is -2.48. The van der Waals surface area contributed by atoms with Gasteiger partial charge in [0.15, 0.2) is 5.43 Å². The predicted molar refractivity (Wildman–Crippen MR) is 112 cm³/mol. The van der Waals surface area contributed by atoms with Gasteiger partial charge in [-0.05, 0) is 31.2 Å². The van der Waals surface area contributed by atoms with Crippen molar-refractivity contribution in [2.45, 2.75) is 13.5 Å². The molecule has 1 fully saturated rings. The van der Waals surface area contributed by atoms with Crippen LogP contribution in [0.2, 0.25) is 5.02 Å². The van der Waals surface area contributed by atoms with Gasteiger partial charge in [0.1, 0.15) is 0 Å². The van der Waals surface area contributed by atoms with E-state index < -0.39 is 0 Å². The molecule has 2 aromatic carbocycles. The summed E-state index contributed by atoms with van der Waals surface area (Å²) in [6, 6.07) is 14.7. The molecule has 1 aliphatic heterocycles. The van der Waals surface area contributed by atoms with Gasteiger partial charge in [0, 0.05) is 55.4 Å². The summed E-state index contributed by atoms with van der Waals surface area (Å²) in [6.07, 6.45) is 0. The van der Waals surface area contributed by atoms with E-state index in [-0.39, 0.29) is 11.3 Å². The number of aromatic amines is 1. The number of carbonyl (C=O) groups is 1. The van der Waals surface area contributed by atoms with Crippen molar-refractivity contribution in [2.75, 3.05) is 26.2 Å². The van der Waals surface area contributed by atoms with Crippen molar-refractivity contribution in [3.8, 4) is 0 Å². The van der Waals surface area contributed by atoms with Gasteiger partial charge < -0.3 is 9.88 Å². The summed E-state index contributed by atoms with van der Waals surface area (Å²) in [6.45, 7) is 5.49. The number of halogens is 1. The van der Waals surface area contributed by atoms with E-state index in [1.54, 1.807) is 24.3 Å². The topological polar surface area (TPSA) is 56.4 Å².